The van der Waals surface area contributed by atoms with Crippen molar-refractivity contribution in [3.05, 3.63) is 24.8 Å². The van der Waals surface area contributed by atoms with Gasteiger partial charge in [0, 0.05) is 38.2 Å². The minimum absolute atomic E-state index is 0.0505. The molecule has 0 saturated carbocycles. The van der Waals surface area contributed by atoms with Gasteiger partial charge in [-0.15, -0.1) is 0 Å². The number of alkyl halides is 9. The summed E-state index contributed by atoms with van der Waals surface area (Å²) in [6, 6.07) is 0. The number of aromatic nitrogens is 4. The Morgan fingerprint density at radius 2 is 1.08 bits per heavy atom. The van der Waals surface area contributed by atoms with Gasteiger partial charge in [-0.25, -0.2) is 14.1 Å². The Morgan fingerprint density at radius 3 is 1.53 bits per heavy atom. The molecule has 0 aliphatic carbocycles. The molecule has 0 atom stereocenters. The van der Waals surface area contributed by atoms with Crippen LogP contribution in [0.1, 0.15) is 38.5 Å². The van der Waals surface area contributed by atoms with Crippen molar-refractivity contribution in [2.45, 2.75) is 76.7 Å². The van der Waals surface area contributed by atoms with Gasteiger partial charge in [-0.3, -0.25) is 0 Å². The Morgan fingerprint density at radius 1 is 0.658 bits per heavy atom. The summed E-state index contributed by atoms with van der Waals surface area (Å²) in [6.07, 6.45) is -11.3. The van der Waals surface area contributed by atoms with E-state index in [9.17, 15) is 64.7 Å². The molecular formula is C18H22F15N4P. The second-order valence-corrected chi connectivity index (χ2v) is 9.98. The van der Waals surface area contributed by atoms with Crippen molar-refractivity contribution in [1.29, 1.82) is 0 Å². The molecule has 38 heavy (non-hydrogen) atoms. The number of nitrogens with zero attached hydrogens (tertiary/aromatic N) is 4. The third kappa shape index (κ3) is 17.3. The summed E-state index contributed by atoms with van der Waals surface area (Å²) >= 11 is 0. The quantitative estimate of drug-likeness (QED) is 0.150. The molecule has 0 N–H and O–H groups in total. The molecule has 2 aromatic rings. The average Bonchev–Trinajstić information content (AvgIpc) is 3.22. The van der Waals surface area contributed by atoms with E-state index in [2.05, 4.69) is 4.98 Å². The fourth-order valence-electron chi connectivity index (χ4n) is 3.13. The van der Waals surface area contributed by atoms with E-state index >= 15 is 0 Å². The molecule has 0 spiro atoms. The standard InChI is InChI=1S/C18H22F9N4.F6P/c19-16(20,21)4-1-8-29-11-7-28-14(29)15-30(9-2-5-17(22,23)24)12-13-31(15)10-3-6-18(25,26)27;1-7(2,3,4,5)6/h7,11-13H,1-6,8-10H2;/q+1;-1. The number of imidazole rings is 2. The Labute approximate surface area is 205 Å². The second kappa shape index (κ2) is 11.1. The first-order valence-corrected chi connectivity index (χ1v) is 12.6. The molecule has 0 bridgehead atoms. The Bertz CT molecular complexity index is 966. The summed E-state index contributed by atoms with van der Waals surface area (Å²) < 4.78 is 176. The van der Waals surface area contributed by atoms with Gasteiger partial charge in [0.2, 0.25) is 5.82 Å². The Kier molecular flexibility index (Phi) is 9.90. The van der Waals surface area contributed by atoms with Crippen molar-refractivity contribution in [2.75, 3.05) is 0 Å². The van der Waals surface area contributed by atoms with Gasteiger partial charge in [0.15, 0.2) is 0 Å². The van der Waals surface area contributed by atoms with Gasteiger partial charge in [-0.2, -0.15) is 39.5 Å². The molecule has 0 aliphatic rings. The van der Waals surface area contributed by atoms with Gasteiger partial charge in [-0.05, 0) is 19.3 Å². The van der Waals surface area contributed by atoms with E-state index in [1.807, 2.05) is 0 Å². The molecule has 0 fully saturated rings. The van der Waals surface area contributed by atoms with Gasteiger partial charge in [0.05, 0.1) is 13.1 Å². The summed E-state index contributed by atoms with van der Waals surface area (Å²) in [5, 5.41) is 0. The van der Waals surface area contributed by atoms with E-state index in [1.54, 1.807) is 0 Å². The molecule has 4 nitrogen and oxygen atoms in total. The average molecular weight is 610 g/mol. The second-order valence-electron chi connectivity index (χ2n) is 8.07. The van der Waals surface area contributed by atoms with Crippen LogP contribution < -0.4 is 4.57 Å². The predicted molar refractivity (Wildman–Crippen MR) is 105 cm³/mol. The minimum atomic E-state index is -10.7. The maximum absolute atomic E-state index is 12.5. The van der Waals surface area contributed by atoms with Gasteiger partial charge in [0.1, 0.15) is 12.4 Å². The number of hydrogen-bond acceptors (Lipinski definition) is 1. The van der Waals surface area contributed by atoms with Crippen LogP contribution in [0, 0.1) is 0 Å². The first-order chi connectivity index (χ1) is 16.7. The van der Waals surface area contributed by atoms with Crippen LogP contribution in [0.15, 0.2) is 24.8 Å². The van der Waals surface area contributed by atoms with Gasteiger partial charge in [0.25, 0.3) is 0 Å². The van der Waals surface area contributed by atoms with E-state index in [4.69, 9.17) is 0 Å². The zero-order valence-corrected chi connectivity index (χ0v) is 20.0. The molecule has 2 heterocycles. The topological polar surface area (TPSA) is 26.6 Å². The summed E-state index contributed by atoms with van der Waals surface area (Å²) in [7, 11) is -10.7. The van der Waals surface area contributed by atoms with Gasteiger partial charge < -0.3 is 4.57 Å². The van der Waals surface area contributed by atoms with Crippen molar-refractivity contribution in [2.24, 2.45) is 0 Å². The Hall–Kier alpha value is -2.20. The summed E-state index contributed by atoms with van der Waals surface area (Å²) in [4.78, 5) is 4.10. The molecule has 0 saturated heterocycles. The van der Waals surface area contributed by atoms with Gasteiger partial charge in [-0.1, -0.05) is 0 Å². The van der Waals surface area contributed by atoms with E-state index in [0.29, 0.717) is 0 Å². The normalized spacial score (nSPS) is 15.0. The molecule has 2 aromatic heterocycles. The van der Waals surface area contributed by atoms with Crippen LogP contribution in [0.2, 0.25) is 0 Å². The fourth-order valence-corrected chi connectivity index (χ4v) is 3.13. The van der Waals surface area contributed by atoms with Crippen molar-refractivity contribution in [1.82, 2.24) is 14.1 Å². The van der Waals surface area contributed by atoms with Crippen LogP contribution in [-0.4, -0.2) is 32.6 Å². The van der Waals surface area contributed by atoms with Crippen LogP contribution in [-0.2, 0) is 19.6 Å². The van der Waals surface area contributed by atoms with E-state index in [0.717, 1.165) is 0 Å². The zero-order chi connectivity index (χ0) is 29.7. The maximum atomic E-state index is 12.5. The molecular weight excluding hydrogens is 588 g/mol. The van der Waals surface area contributed by atoms with Crippen molar-refractivity contribution in [3.8, 4) is 11.6 Å². The zero-order valence-electron chi connectivity index (χ0n) is 19.1. The van der Waals surface area contributed by atoms with Crippen LogP contribution in [0.25, 0.3) is 11.6 Å². The summed E-state index contributed by atoms with van der Waals surface area (Å²) in [6.45, 7) is -0.196. The first kappa shape index (κ1) is 33.8. The molecule has 2 rings (SSSR count). The number of aryl methyl sites for hydroxylation is 3. The van der Waals surface area contributed by atoms with E-state index in [-0.39, 0.29) is 50.5 Å². The van der Waals surface area contributed by atoms with Crippen molar-refractivity contribution in [3.63, 3.8) is 0 Å². The third-order valence-corrected chi connectivity index (χ3v) is 4.46. The van der Waals surface area contributed by atoms with Crippen LogP contribution >= 0.6 is 7.81 Å². The van der Waals surface area contributed by atoms with Gasteiger partial charge >= 0.3 is 57.3 Å². The molecule has 0 aliphatic heterocycles. The number of rotatable bonds is 10. The third-order valence-electron chi connectivity index (χ3n) is 4.46. The number of halogens is 15. The van der Waals surface area contributed by atoms with Crippen LogP contribution in [0.3, 0.4) is 0 Å². The van der Waals surface area contributed by atoms with E-state index < -0.39 is 45.6 Å². The van der Waals surface area contributed by atoms with Crippen molar-refractivity contribution < 1.29 is 69.3 Å². The molecule has 0 aromatic carbocycles. The van der Waals surface area contributed by atoms with Crippen LogP contribution in [0.5, 0.6) is 0 Å². The Balaban J connectivity index is 0.000000905. The van der Waals surface area contributed by atoms with Crippen molar-refractivity contribution >= 4 is 7.81 Å². The number of hydrogen-bond donors (Lipinski definition) is 0. The molecule has 0 amide bonds. The fraction of sp³-hybridized carbons (Fsp3) is 0.667. The monoisotopic (exact) mass is 610 g/mol. The first-order valence-electron chi connectivity index (χ1n) is 10.6. The summed E-state index contributed by atoms with van der Waals surface area (Å²) in [5.41, 5.74) is 0. The molecule has 20 heteroatoms. The molecule has 0 unspecified atom stereocenters. The molecule has 224 valence electrons. The van der Waals surface area contributed by atoms with E-state index in [1.165, 1.54) is 38.5 Å². The van der Waals surface area contributed by atoms with Crippen LogP contribution in [0.4, 0.5) is 64.7 Å². The molecule has 0 radical (unpaired) electrons. The predicted octanol–water partition coefficient (Wildman–Crippen LogP) is 9.05. The SMILES string of the molecule is FC(F)(F)CCCn1ccnc1-c1n(CCCC(F)(F)F)cc[n+]1CCCC(F)(F)F.F[P-](F)(F)(F)(F)F. The summed E-state index contributed by atoms with van der Waals surface area (Å²) in [5.74, 6) is 0.438.